The lowest BCUT2D eigenvalue weighted by Crippen LogP contribution is -2.53. The number of pyridine rings is 1. The van der Waals surface area contributed by atoms with Gasteiger partial charge in [-0.1, -0.05) is 12.5 Å². The van der Waals surface area contributed by atoms with Crippen molar-refractivity contribution >= 4 is 17.5 Å². The molecule has 0 radical (unpaired) electrons. The standard InChI is InChI=1S/C29H37N5O2/c35-26(33-9-7-32(8-10-33)22-3-1-4-22)12-21-16-34-24(5-2-6-25(34)31-21)27(36)30-18-28-13-19-11-23(19)29(17-28)15-20(29)14-28/h2,5-6,16,19-20,22-23H,1,3-4,7-15,17-18H2,(H,30,36)/t19?,20?,23-,28?,29?/m0/s1. The molecule has 0 aromatic carbocycles. The van der Waals surface area contributed by atoms with Crippen LogP contribution >= 0.6 is 0 Å². The lowest BCUT2D eigenvalue weighted by atomic mass is 9.71. The number of aromatic nitrogens is 2. The number of carbonyl (C=O) groups is 2. The summed E-state index contributed by atoms with van der Waals surface area (Å²) in [5, 5.41) is 3.31. The molecule has 3 heterocycles. The van der Waals surface area contributed by atoms with Gasteiger partial charge in [0.1, 0.15) is 11.3 Å². The van der Waals surface area contributed by atoms with E-state index in [1.165, 1.54) is 51.4 Å². The van der Waals surface area contributed by atoms with Gasteiger partial charge in [-0.25, -0.2) is 4.98 Å². The van der Waals surface area contributed by atoms with Gasteiger partial charge in [0.2, 0.25) is 5.91 Å². The molecule has 190 valence electrons. The molecule has 2 amide bonds. The predicted octanol–water partition coefficient (Wildman–Crippen LogP) is 3.13. The molecule has 1 N–H and O–H groups in total. The van der Waals surface area contributed by atoms with Crippen LogP contribution in [0.2, 0.25) is 0 Å². The smallest absolute Gasteiger partial charge is 0.268 e. The number of imidazole rings is 1. The van der Waals surface area contributed by atoms with Crippen LogP contribution in [0.4, 0.5) is 0 Å². The van der Waals surface area contributed by atoms with Crippen molar-refractivity contribution in [3.8, 4) is 0 Å². The summed E-state index contributed by atoms with van der Waals surface area (Å²) >= 11 is 0. The Morgan fingerprint density at radius 2 is 1.94 bits per heavy atom. The highest BCUT2D eigenvalue weighted by Crippen LogP contribution is 2.83. The van der Waals surface area contributed by atoms with Crippen LogP contribution in [0.1, 0.15) is 67.5 Å². The molecule has 5 atom stereocenters. The number of fused-ring (bicyclic) bond motifs is 3. The number of nitrogens with zero attached hydrogens (tertiary/aromatic N) is 4. The zero-order valence-electron chi connectivity index (χ0n) is 21.1. The van der Waals surface area contributed by atoms with E-state index in [0.717, 1.165) is 67.9 Å². The van der Waals surface area contributed by atoms with Crippen LogP contribution in [0.25, 0.3) is 5.65 Å². The van der Waals surface area contributed by atoms with Gasteiger partial charge >= 0.3 is 0 Å². The molecule has 36 heavy (non-hydrogen) atoms. The Morgan fingerprint density at radius 1 is 1.08 bits per heavy atom. The Morgan fingerprint density at radius 3 is 2.75 bits per heavy atom. The van der Waals surface area contributed by atoms with E-state index in [2.05, 4.69) is 10.2 Å². The van der Waals surface area contributed by atoms with Crippen molar-refractivity contribution < 1.29 is 9.59 Å². The van der Waals surface area contributed by atoms with E-state index < -0.39 is 0 Å². The van der Waals surface area contributed by atoms with E-state index in [-0.39, 0.29) is 11.8 Å². The molecule has 4 unspecified atom stereocenters. The van der Waals surface area contributed by atoms with Crippen molar-refractivity contribution in [2.24, 2.45) is 28.6 Å². The van der Waals surface area contributed by atoms with E-state index in [0.29, 0.717) is 22.9 Å². The molecule has 1 saturated heterocycles. The maximum Gasteiger partial charge on any atom is 0.268 e. The van der Waals surface area contributed by atoms with E-state index >= 15 is 0 Å². The molecular weight excluding hydrogens is 450 g/mol. The minimum absolute atomic E-state index is 0.0232. The third-order valence-electron chi connectivity index (χ3n) is 11.0. The summed E-state index contributed by atoms with van der Waals surface area (Å²) in [7, 11) is 0. The second-order valence-corrected chi connectivity index (χ2v) is 13.1. The van der Waals surface area contributed by atoms with Crippen molar-refractivity contribution in [1.29, 1.82) is 0 Å². The number of hydrogen-bond acceptors (Lipinski definition) is 4. The lowest BCUT2D eigenvalue weighted by molar-refractivity contribution is -0.132. The van der Waals surface area contributed by atoms with E-state index in [1.807, 2.05) is 33.7 Å². The zero-order valence-corrected chi connectivity index (χ0v) is 21.1. The summed E-state index contributed by atoms with van der Waals surface area (Å²) in [6, 6.07) is 6.44. The molecule has 6 aliphatic rings. The second-order valence-electron chi connectivity index (χ2n) is 13.1. The monoisotopic (exact) mass is 487 g/mol. The van der Waals surface area contributed by atoms with Gasteiger partial charge in [-0.3, -0.25) is 18.9 Å². The molecule has 1 spiro atoms. The fraction of sp³-hybridized carbons (Fsp3) is 0.690. The fourth-order valence-electron chi connectivity index (χ4n) is 8.91. The Bertz CT molecular complexity index is 1240. The Hall–Kier alpha value is -2.41. The molecule has 7 nitrogen and oxygen atoms in total. The molecule has 1 aliphatic heterocycles. The summed E-state index contributed by atoms with van der Waals surface area (Å²) in [6.45, 7) is 4.38. The number of carbonyl (C=O) groups excluding carboxylic acids is 2. The average Bonchev–Trinajstić information content (AvgIpc) is 3.68. The molecule has 2 bridgehead atoms. The van der Waals surface area contributed by atoms with Gasteiger partial charge in [-0.15, -0.1) is 0 Å². The largest absolute Gasteiger partial charge is 0.350 e. The van der Waals surface area contributed by atoms with Crippen LogP contribution in [-0.4, -0.2) is 69.8 Å². The zero-order chi connectivity index (χ0) is 24.1. The first-order valence-electron chi connectivity index (χ1n) is 14.3. The Labute approximate surface area is 212 Å². The van der Waals surface area contributed by atoms with Gasteiger partial charge in [-0.05, 0) is 85.7 Å². The summed E-state index contributed by atoms with van der Waals surface area (Å²) in [4.78, 5) is 35.6. The first-order valence-corrected chi connectivity index (χ1v) is 14.3. The first-order chi connectivity index (χ1) is 17.5. The first kappa shape index (κ1) is 21.7. The van der Waals surface area contributed by atoms with Gasteiger partial charge in [0.25, 0.3) is 5.91 Å². The highest BCUT2D eigenvalue weighted by Gasteiger charge is 2.76. The number of piperazine rings is 1. The van der Waals surface area contributed by atoms with E-state index in [9.17, 15) is 9.59 Å². The third kappa shape index (κ3) is 3.30. The SMILES string of the molecule is O=C(NCC12CC3C[C@@H]3C3(CC3C1)C2)c1cccc2nc(CC(=O)N3CCN(C4CCC4)CC3)cn12. The molecule has 8 rings (SSSR count). The van der Waals surface area contributed by atoms with Crippen LogP contribution in [-0.2, 0) is 11.2 Å². The van der Waals surface area contributed by atoms with Crippen LogP contribution in [0, 0.1) is 28.6 Å². The van der Waals surface area contributed by atoms with Gasteiger partial charge in [0.05, 0.1) is 12.1 Å². The number of hydrogen-bond donors (Lipinski definition) is 1. The summed E-state index contributed by atoms with van der Waals surface area (Å²) in [6.07, 6.45) is 13.0. The second kappa shape index (κ2) is 7.56. The minimum Gasteiger partial charge on any atom is -0.350 e. The lowest BCUT2D eigenvalue weighted by Gasteiger charge is -2.42. The number of rotatable bonds is 6. The van der Waals surface area contributed by atoms with Gasteiger partial charge < -0.3 is 10.2 Å². The highest BCUT2D eigenvalue weighted by atomic mass is 16.2. The normalized spacial score (nSPS) is 36.8. The molecule has 2 aromatic rings. The van der Waals surface area contributed by atoms with Crippen molar-refractivity contribution in [3.05, 3.63) is 35.8 Å². The molecule has 6 fully saturated rings. The maximum absolute atomic E-state index is 13.3. The minimum atomic E-state index is -0.0232. The topological polar surface area (TPSA) is 70.0 Å². The van der Waals surface area contributed by atoms with Crippen molar-refractivity contribution in [1.82, 2.24) is 24.5 Å². The Kier molecular flexibility index (Phi) is 4.55. The molecule has 2 aromatic heterocycles. The number of amides is 2. The van der Waals surface area contributed by atoms with Crippen LogP contribution in [0.5, 0.6) is 0 Å². The van der Waals surface area contributed by atoms with E-state index in [1.54, 1.807) is 0 Å². The number of nitrogens with one attached hydrogen (secondary N) is 1. The van der Waals surface area contributed by atoms with Crippen molar-refractivity contribution in [2.75, 3.05) is 32.7 Å². The predicted molar refractivity (Wildman–Crippen MR) is 135 cm³/mol. The van der Waals surface area contributed by atoms with Crippen LogP contribution in [0.3, 0.4) is 0 Å². The fourth-order valence-corrected chi connectivity index (χ4v) is 8.91. The molecular formula is C29H37N5O2. The molecule has 5 saturated carbocycles. The van der Waals surface area contributed by atoms with Gasteiger partial charge in [0, 0.05) is 45.0 Å². The maximum atomic E-state index is 13.3. The van der Waals surface area contributed by atoms with Gasteiger partial charge in [0.15, 0.2) is 0 Å². The molecule has 7 heteroatoms. The van der Waals surface area contributed by atoms with E-state index in [4.69, 9.17) is 4.98 Å². The summed E-state index contributed by atoms with van der Waals surface area (Å²) in [5.74, 6) is 3.00. The van der Waals surface area contributed by atoms with Crippen LogP contribution < -0.4 is 5.32 Å². The summed E-state index contributed by atoms with van der Waals surface area (Å²) in [5.41, 5.74) is 3.09. The average molecular weight is 488 g/mol. The molecule has 5 aliphatic carbocycles. The van der Waals surface area contributed by atoms with Crippen molar-refractivity contribution in [2.45, 2.75) is 63.8 Å². The quantitative estimate of drug-likeness (QED) is 0.680. The Balaban J connectivity index is 0.927. The van der Waals surface area contributed by atoms with Gasteiger partial charge in [-0.2, -0.15) is 0 Å². The highest BCUT2D eigenvalue weighted by molar-refractivity contribution is 5.93. The summed E-state index contributed by atoms with van der Waals surface area (Å²) < 4.78 is 1.87. The van der Waals surface area contributed by atoms with Crippen LogP contribution in [0.15, 0.2) is 24.4 Å². The third-order valence-corrected chi connectivity index (χ3v) is 11.0. The van der Waals surface area contributed by atoms with Crippen molar-refractivity contribution in [3.63, 3.8) is 0 Å².